The summed E-state index contributed by atoms with van der Waals surface area (Å²) in [5.74, 6) is 6.19. The third kappa shape index (κ3) is 3.00. The molecule has 0 aliphatic carbocycles. The second kappa shape index (κ2) is 6.54. The van der Waals surface area contributed by atoms with Gasteiger partial charge in [-0.05, 0) is 19.1 Å². The summed E-state index contributed by atoms with van der Waals surface area (Å²) >= 11 is 1.53. The number of nitrogen functional groups attached to an aromatic ring is 1. The smallest absolute Gasteiger partial charge is 0.221 e. The second-order valence-electron chi connectivity index (χ2n) is 5.57. The predicted molar refractivity (Wildman–Crippen MR) is 98.4 cm³/mol. The average molecular weight is 364 g/mol. The number of nitrogens with two attached hydrogens (primary N) is 1. The molecule has 6 nitrogen and oxygen atoms in total. The number of imidazole rings is 1. The van der Waals surface area contributed by atoms with E-state index in [1.807, 2.05) is 12.3 Å². The van der Waals surface area contributed by atoms with Gasteiger partial charge in [-0.15, -0.1) is 11.3 Å². The highest BCUT2D eigenvalue weighted by Crippen LogP contribution is 2.22. The molecule has 4 aromatic rings. The molecule has 1 aromatic carbocycles. The van der Waals surface area contributed by atoms with E-state index in [1.165, 1.54) is 17.4 Å². The van der Waals surface area contributed by atoms with E-state index in [9.17, 15) is 4.39 Å². The molecule has 3 aromatic heterocycles. The van der Waals surface area contributed by atoms with Gasteiger partial charge in [-0.3, -0.25) is 4.57 Å². The number of fused-ring (bicyclic) bond motifs is 1. The number of halogens is 1. The maximum atomic E-state index is 14.4. The SMILES string of the molecule is CC(C#Cc1cc2c(cc1F)ncn2-c1ccnc(N)n1)c1nccs1. The molecule has 0 spiro atoms. The second-order valence-corrected chi connectivity index (χ2v) is 6.50. The molecule has 128 valence electrons. The summed E-state index contributed by atoms with van der Waals surface area (Å²) in [4.78, 5) is 16.5. The highest BCUT2D eigenvalue weighted by molar-refractivity contribution is 7.09. The zero-order valence-electron chi connectivity index (χ0n) is 13.7. The Kier molecular flexibility index (Phi) is 4.07. The standard InChI is InChI=1S/C18H13FN6S/c1-11(17-21-6-7-26-17)2-3-12-8-15-14(9-13(12)19)23-10-25(15)16-4-5-22-18(20)24-16/h4-11H,1H3,(H2,20,22,24). The first-order chi connectivity index (χ1) is 12.6. The van der Waals surface area contributed by atoms with Gasteiger partial charge >= 0.3 is 0 Å². The van der Waals surface area contributed by atoms with Crippen molar-refractivity contribution in [1.82, 2.24) is 24.5 Å². The molecule has 0 radical (unpaired) electrons. The van der Waals surface area contributed by atoms with Crippen LogP contribution in [0.2, 0.25) is 0 Å². The highest BCUT2D eigenvalue weighted by atomic mass is 32.1. The number of aromatic nitrogens is 5. The normalized spacial score (nSPS) is 11.9. The van der Waals surface area contributed by atoms with E-state index in [4.69, 9.17) is 5.73 Å². The van der Waals surface area contributed by atoms with Gasteiger partial charge in [0.25, 0.3) is 0 Å². The fourth-order valence-electron chi connectivity index (χ4n) is 2.50. The number of rotatable bonds is 2. The van der Waals surface area contributed by atoms with Crippen molar-refractivity contribution in [3.05, 3.63) is 58.7 Å². The molecule has 0 aliphatic heterocycles. The van der Waals surface area contributed by atoms with Crippen molar-refractivity contribution in [2.45, 2.75) is 12.8 Å². The molecule has 1 atom stereocenters. The molecule has 26 heavy (non-hydrogen) atoms. The summed E-state index contributed by atoms with van der Waals surface area (Å²) in [5, 5.41) is 2.80. The molecule has 3 heterocycles. The third-order valence-electron chi connectivity index (χ3n) is 3.79. The Balaban J connectivity index is 1.77. The van der Waals surface area contributed by atoms with Gasteiger partial charge in [-0.25, -0.2) is 19.3 Å². The molecule has 4 rings (SSSR count). The Morgan fingerprint density at radius 1 is 1.23 bits per heavy atom. The quantitative estimate of drug-likeness (QED) is 0.553. The minimum atomic E-state index is -0.413. The van der Waals surface area contributed by atoms with Crippen molar-refractivity contribution in [3.63, 3.8) is 0 Å². The Morgan fingerprint density at radius 3 is 2.88 bits per heavy atom. The average Bonchev–Trinajstić information content (AvgIpc) is 3.29. The lowest BCUT2D eigenvalue weighted by molar-refractivity contribution is 0.626. The number of anilines is 1. The number of benzene rings is 1. The van der Waals surface area contributed by atoms with Crippen LogP contribution in [0.3, 0.4) is 0 Å². The Morgan fingerprint density at radius 2 is 2.12 bits per heavy atom. The van der Waals surface area contributed by atoms with E-state index >= 15 is 0 Å². The minimum absolute atomic E-state index is 0.0725. The molecule has 2 N–H and O–H groups in total. The number of thiazole rings is 1. The van der Waals surface area contributed by atoms with Gasteiger partial charge in [0, 0.05) is 23.8 Å². The Hall–Kier alpha value is -3.31. The lowest BCUT2D eigenvalue weighted by atomic mass is 10.1. The summed E-state index contributed by atoms with van der Waals surface area (Å²) in [6, 6.07) is 4.74. The monoisotopic (exact) mass is 364 g/mol. The largest absolute Gasteiger partial charge is 0.368 e. The van der Waals surface area contributed by atoms with Gasteiger partial charge in [0.1, 0.15) is 23.0 Å². The summed E-state index contributed by atoms with van der Waals surface area (Å²) in [5.41, 5.74) is 7.15. The first kappa shape index (κ1) is 16.2. The van der Waals surface area contributed by atoms with E-state index < -0.39 is 5.82 Å². The topological polar surface area (TPSA) is 82.5 Å². The molecule has 0 saturated heterocycles. The minimum Gasteiger partial charge on any atom is -0.368 e. The Bertz CT molecular complexity index is 1140. The molecule has 0 saturated carbocycles. The van der Waals surface area contributed by atoms with Crippen molar-refractivity contribution >= 4 is 28.3 Å². The van der Waals surface area contributed by atoms with Crippen LogP contribution in [-0.2, 0) is 0 Å². The number of nitrogens with zero attached hydrogens (tertiary/aromatic N) is 5. The summed E-state index contributed by atoms with van der Waals surface area (Å²) in [6.07, 6.45) is 4.86. The maximum absolute atomic E-state index is 14.4. The highest BCUT2D eigenvalue weighted by Gasteiger charge is 2.11. The van der Waals surface area contributed by atoms with Crippen molar-refractivity contribution in [2.24, 2.45) is 0 Å². The van der Waals surface area contributed by atoms with Gasteiger partial charge in [0.2, 0.25) is 5.95 Å². The van der Waals surface area contributed by atoms with Gasteiger partial charge < -0.3 is 5.73 Å². The van der Waals surface area contributed by atoms with Crippen LogP contribution in [0.1, 0.15) is 23.4 Å². The van der Waals surface area contributed by atoms with Crippen molar-refractivity contribution in [2.75, 3.05) is 5.73 Å². The maximum Gasteiger partial charge on any atom is 0.221 e. The zero-order chi connectivity index (χ0) is 18.1. The first-order valence-corrected chi connectivity index (χ1v) is 8.66. The summed E-state index contributed by atoms with van der Waals surface area (Å²) in [7, 11) is 0. The summed E-state index contributed by atoms with van der Waals surface area (Å²) in [6.45, 7) is 1.94. The fraction of sp³-hybridized carbons (Fsp3) is 0.111. The lowest BCUT2D eigenvalue weighted by Gasteiger charge is -2.04. The third-order valence-corrected chi connectivity index (χ3v) is 4.75. The van der Waals surface area contributed by atoms with Crippen LogP contribution >= 0.6 is 11.3 Å². The van der Waals surface area contributed by atoms with E-state index in [-0.39, 0.29) is 11.9 Å². The van der Waals surface area contributed by atoms with E-state index in [2.05, 4.69) is 31.8 Å². The Labute approximate surface area is 152 Å². The van der Waals surface area contributed by atoms with Gasteiger partial charge in [0.15, 0.2) is 0 Å². The van der Waals surface area contributed by atoms with Crippen molar-refractivity contribution in [1.29, 1.82) is 0 Å². The fourth-order valence-corrected chi connectivity index (χ4v) is 3.15. The van der Waals surface area contributed by atoms with Gasteiger partial charge in [-0.2, -0.15) is 4.98 Å². The molecule has 8 heteroatoms. The molecule has 0 aliphatic rings. The number of hydrogen-bond acceptors (Lipinski definition) is 6. The van der Waals surface area contributed by atoms with Crippen molar-refractivity contribution < 1.29 is 4.39 Å². The zero-order valence-corrected chi connectivity index (χ0v) is 14.5. The van der Waals surface area contributed by atoms with Crippen LogP contribution in [0, 0.1) is 17.7 Å². The van der Waals surface area contributed by atoms with Crippen LogP contribution in [-0.4, -0.2) is 24.5 Å². The van der Waals surface area contributed by atoms with Crippen LogP contribution in [0.4, 0.5) is 10.3 Å². The first-order valence-electron chi connectivity index (χ1n) is 7.78. The van der Waals surface area contributed by atoms with Crippen molar-refractivity contribution in [3.8, 4) is 17.7 Å². The molecular formula is C18H13FN6S. The van der Waals surface area contributed by atoms with Gasteiger partial charge in [-0.1, -0.05) is 11.8 Å². The molecule has 0 fully saturated rings. The van der Waals surface area contributed by atoms with Crippen LogP contribution in [0.15, 0.2) is 42.3 Å². The van der Waals surface area contributed by atoms with Crippen LogP contribution < -0.4 is 5.73 Å². The molecule has 0 bridgehead atoms. The predicted octanol–water partition coefficient (Wildman–Crippen LogP) is 3.15. The lowest BCUT2D eigenvalue weighted by Crippen LogP contribution is -2.01. The van der Waals surface area contributed by atoms with E-state index in [0.717, 1.165) is 5.01 Å². The van der Waals surface area contributed by atoms with Crippen LogP contribution in [0.25, 0.3) is 16.9 Å². The molecular weight excluding hydrogens is 351 g/mol. The molecule has 1 unspecified atom stereocenters. The van der Waals surface area contributed by atoms with E-state index in [1.54, 1.807) is 35.4 Å². The van der Waals surface area contributed by atoms with Crippen LogP contribution in [0.5, 0.6) is 0 Å². The summed E-state index contributed by atoms with van der Waals surface area (Å²) < 4.78 is 16.1. The van der Waals surface area contributed by atoms with E-state index in [0.29, 0.717) is 22.4 Å². The number of hydrogen-bond donors (Lipinski definition) is 1. The van der Waals surface area contributed by atoms with Gasteiger partial charge in [0.05, 0.1) is 22.5 Å². The molecule has 0 amide bonds.